The molecule has 1 aromatic rings. The number of nitrogens with zero attached hydrogens (tertiary/aromatic N) is 1. The third-order valence-corrected chi connectivity index (χ3v) is 2.28. The van der Waals surface area contributed by atoms with E-state index in [4.69, 9.17) is 10.00 Å². The number of methoxy groups -OCH3 is 1. The van der Waals surface area contributed by atoms with Crippen molar-refractivity contribution in [3.8, 4) is 11.8 Å². The summed E-state index contributed by atoms with van der Waals surface area (Å²) < 4.78 is 5.06. The summed E-state index contributed by atoms with van der Waals surface area (Å²) in [5.41, 5.74) is 1.60. The van der Waals surface area contributed by atoms with Crippen molar-refractivity contribution in [1.29, 1.82) is 5.26 Å². The zero-order valence-electron chi connectivity index (χ0n) is 9.57. The Balaban J connectivity index is 2.83. The number of rotatable bonds is 3. The number of benzene rings is 1. The molecule has 4 heteroatoms. The van der Waals surface area contributed by atoms with Crippen LogP contribution in [0.3, 0.4) is 0 Å². The fraction of sp³-hybridized carbons (Fsp3) is 0.333. The van der Waals surface area contributed by atoms with Gasteiger partial charge in [0.2, 0.25) is 5.91 Å². The number of aryl methyl sites for hydroxylation is 1. The number of nitrogens with one attached hydrogen (secondary N) is 1. The molecule has 0 saturated heterocycles. The number of ether oxygens (including phenoxy) is 1. The van der Waals surface area contributed by atoms with Gasteiger partial charge in [0, 0.05) is 5.69 Å². The first-order valence-corrected chi connectivity index (χ1v) is 4.93. The molecule has 0 aromatic heterocycles. The Labute approximate surface area is 94.8 Å². The minimum absolute atomic E-state index is 0.296. The lowest BCUT2D eigenvalue weighted by Crippen LogP contribution is -2.19. The number of carbonyl (C=O) groups excluding carboxylic acids is 1. The topological polar surface area (TPSA) is 62.1 Å². The quantitative estimate of drug-likeness (QED) is 0.845. The summed E-state index contributed by atoms with van der Waals surface area (Å²) in [6.07, 6.45) is 0. The largest absolute Gasteiger partial charge is 0.497 e. The van der Waals surface area contributed by atoms with E-state index in [1.807, 2.05) is 19.1 Å². The van der Waals surface area contributed by atoms with Crippen LogP contribution in [0.5, 0.6) is 5.75 Å². The lowest BCUT2D eigenvalue weighted by atomic mass is 10.1. The third kappa shape index (κ3) is 2.74. The van der Waals surface area contributed by atoms with Crippen LogP contribution in [0, 0.1) is 24.2 Å². The van der Waals surface area contributed by atoms with Gasteiger partial charge in [-0.15, -0.1) is 0 Å². The van der Waals surface area contributed by atoms with Gasteiger partial charge in [-0.05, 0) is 37.6 Å². The number of amides is 1. The molecule has 0 fully saturated rings. The van der Waals surface area contributed by atoms with Crippen molar-refractivity contribution in [3.05, 3.63) is 23.8 Å². The zero-order chi connectivity index (χ0) is 12.1. The monoisotopic (exact) mass is 218 g/mol. The molecule has 0 saturated carbocycles. The van der Waals surface area contributed by atoms with Crippen LogP contribution in [0.25, 0.3) is 0 Å². The van der Waals surface area contributed by atoms with E-state index < -0.39 is 5.92 Å². The second kappa shape index (κ2) is 5.17. The van der Waals surface area contributed by atoms with E-state index in [-0.39, 0.29) is 5.91 Å². The Morgan fingerprint density at radius 1 is 1.56 bits per heavy atom. The molecule has 1 amide bonds. The Morgan fingerprint density at radius 3 is 2.75 bits per heavy atom. The van der Waals surface area contributed by atoms with Crippen LogP contribution >= 0.6 is 0 Å². The summed E-state index contributed by atoms with van der Waals surface area (Å²) in [7, 11) is 1.59. The van der Waals surface area contributed by atoms with E-state index in [9.17, 15) is 4.79 Å². The van der Waals surface area contributed by atoms with Gasteiger partial charge in [0.15, 0.2) is 0 Å². The van der Waals surface area contributed by atoms with Crippen LogP contribution in [-0.4, -0.2) is 13.0 Å². The summed E-state index contributed by atoms with van der Waals surface area (Å²) in [5, 5.41) is 11.3. The first-order valence-electron chi connectivity index (χ1n) is 4.93. The average molecular weight is 218 g/mol. The summed E-state index contributed by atoms with van der Waals surface area (Å²) in [6, 6.07) is 7.24. The highest BCUT2D eigenvalue weighted by Crippen LogP contribution is 2.21. The van der Waals surface area contributed by atoms with E-state index in [0.29, 0.717) is 5.69 Å². The van der Waals surface area contributed by atoms with Gasteiger partial charge in [0.25, 0.3) is 0 Å². The fourth-order valence-corrected chi connectivity index (χ4v) is 1.20. The van der Waals surface area contributed by atoms with Crippen LogP contribution in [0.2, 0.25) is 0 Å². The first kappa shape index (κ1) is 12.1. The van der Waals surface area contributed by atoms with Crippen molar-refractivity contribution in [2.45, 2.75) is 13.8 Å². The molecule has 0 aliphatic rings. The molecule has 1 unspecified atom stereocenters. The zero-order valence-corrected chi connectivity index (χ0v) is 9.57. The Hall–Kier alpha value is -2.02. The summed E-state index contributed by atoms with van der Waals surface area (Å²) in [4.78, 5) is 11.5. The molecule has 1 aromatic carbocycles. The normalized spacial score (nSPS) is 11.4. The number of carbonyl (C=O) groups is 1. The molecule has 4 nitrogen and oxygen atoms in total. The highest BCUT2D eigenvalue weighted by Gasteiger charge is 2.12. The number of hydrogen-bond acceptors (Lipinski definition) is 3. The van der Waals surface area contributed by atoms with Gasteiger partial charge < -0.3 is 10.1 Å². The van der Waals surface area contributed by atoms with Crippen molar-refractivity contribution in [3.63, 3.8) is 0 Å². The molecule has 0 heterocycles. The summed E-state index contributed by atoms with van der Waals surface area (Å²) in [6.45, 7) is 3.43. The van der Waals surface area contributed by atoms with Crippen LogP contribution in [0.4, 0.5) is 5.69 Å². The van der Waals surface area contributed by atoms with Crippen molar-refractivity contribution in [2.24, 2.45) is 5.92 Å². The fourth-order valence-electron chi connectivity index (χ4n) is 1.20. The summed E-state index contributed by atoms with van der Waals surface area (Å²) in [5.74, 6) is -0.207. The molecule has 1 rings (SSSR count). The van der Waals surface area contributed by atoms with Gasteiger partial charge in [-0.25, -0.2) is 0 Å². The van der Waals surface area contributed by atoms with Gasteiger partial charge in [0.1, 0.15) is 11.7 Å². The molecule has 0 bridgehead atoms. The first-order chi connectivity index (χ1) is 7.58. The highest BCUT2D eigenvalue weighted by atomic mass is 16.5. The van der Waals surface area contributed by atoms with E-state index in [1.165, 1.54) is 0 Å². The Bertz CT molecular complexity index is 435. The second-order valence-corrected chi connectivity index (χ2v) is 3.52. The molecule has 1 N–H and O–H groups in total. The van der Waals surface area contributed by atoms with Crippen LogP contribution in [0.1, 0.15) is 12.5 Å². The van der Waals surface area contributed by atoms with E-state index >= 15 is 0 Å². The van der Waals surface area contributed by atoms with E-state index in [0.717, 1.165) is 11.3 Å². The predicted octanol–water partition coefficient (Wildman–Crippen LogP) is 2.10. The van der Waals surface area contributed by atoms with Gasteiger partial charge in [0.05, 0.1) is 13.2 Å². The number of nitriles is 1. The van der Waals surface area contributed by atoms with E-state index in [1.54, 1.807) is 26.2 Å². The standard InChI is InChI=1S/C12H14N2O2/c1-8-6-10(16-3)4-5-11(8)14-12(15)9(2)7-13/h4-6,9H,1-3H3,(H,14,15). The molecule has 0 radical (unpaired) electrons. The Kier molecular flexibility index (Phi) is 3.90. The van der Waals surface area contributed by atoms with Gasteiger partial charge in [-0.2, -0.15) is 5.26 Å². The molecule has 0 aliphatic heterocycles. The average Bonchev–Trinajstić information content (AvgIpc) is 2.30. The Morgan fingerprint density at radius 2 is 2.25 bits per heavy atom. The van der Waals surface area contributed by atoms with Crippen LogP contribution < -0.4 is 10.1 Å². The van der Waals surface area contributed by atoms with Crippen molar-refractivity contribution >= 4 is 11.6 Å². The molecular weight excluding hydrogens is 204 g/mol. The lowest BCUT2D eigenvalue weighted by Gasteiger charge is -2.10. The number of hydrogen-bond donors (Lipinski definition) is 1. The van der Waals surface area contributed by atoms with Crippen molar-refractivity contribution in [1.82, 2.24) is 0 Å². The maximum atomic E-state index is 11.5. The molecule has 0 spiro atoms. The van der Waals surface area contributed by atoms with Crippen molar-refractivity contribution in [2.75, 3.05) is 12.4 Å². The molecule has 1 atom stereocenters. The smallest absolute Gasteiger partial charge is 0.241 e. The van der Waals surface area contributed by atoms with Gasteiger partial charge in [-0.3, -0.25) is 4.79 Å². The molecule has 84 valence electrons. The summed E-state index contributed by atoms with van der Waals surface area (Å²) >= 11 is 0. The highest BCUT2D eigenvalue weighted by molar-refractivity contribution is 5.94. The maximum Gasteiger partial charge on any atom is 0.241 e. The minimum atomic E-state index is -0.651. The maximum absolute atomic E-state index is 11.5. The van der Waals surface area contributed by atoms with Gasteiger partial charge in [-0.1, -0.05) is 0 Å². The second-order valence-electron chi connectivity index (χ2n) is 3.52. The van der Waals surface area contributed by atoms with Crippen molar-refractivity contribution < 1.29 is 9.53 Å². The third-order valence-electron chi connectivity index (χ3n) is 2.28. The molecule has 0 aliphatic carbocycles. The molecular formula is C12H14N2O2. The van der Waals surface area contributed by atoms with Gasteiger partial charge >= 0.3 is 0 Å². The predicted molar refractivity (Wildman–Crippen MR) is 61.1 cm³/mol. The van der Waals surface area contributed by atoms with Crippen LogP contribution in [-0.2, 0) is 4.79 Å². The SMILES string of the molecule is COc1ccc(NC(=O)C(C)C#N)c(C)c1. The van der Waals surface area contributed by atoms with E-state index in [2.05, 4.69) is 5.32 Å². The molecule has 16 heavy (non-hydrogen) atoms. The lowest BCUT2D eigenvalue weighted by molar-refractivity contribution is -0.117. The number of anilines is 1. The minimum Gasteiger partial charge on any atom is -0.497 e. The van der Waals surface area contributed by atoms with Crippen LogP contribution in [0.15, 0.2) is 18.2 Å².